The number of amides is 2. The predicted molar refractivity (Wildman–Crippen MR) is 107 cm³/mol. The van der Waals surface area contributed by atoms with Gasteiger partial charge in [-0.2, -0.15) is 13.2 Å². The Morgan fingerprint density at radius 3 is 2.23 bits per heavy atom. The number of hydrogen-bond acceptors (Lipinski definition) is 2. The highest BCUT2D eigenvalue weighted by atomic mass is 19.4. The lowest BCUT2D eigenvalue weighted by atomic mass is 10.1. The molecule has 1 fully saturated rings. The van der Waals surface area contributed by atoms with Gasteiger partial charge in [0.15, 0.2) is 6.54 Å². The first-order valence-corrected chi connectivity index (χ1v) is 9.81. The number of alkyl halides is 3. The molecule has 2 amide bonds. The molecule has 0 atom stereocenters. The average Bonchev–Trinajstić information content (AvgIpc) is 2.70. The Morgan fingerprint density at radius 1 is 1.03 bits per heavy atom. The average molecular weight is 420 g/mol. The van der Waals surface area contributed by atoms with Gasteiger partial charge in [0.05, 0.1) is 31.7 Å². The number of halogens is 3. The van der Waals surface area contributed by atoms with Gasteiger partial charge in [0.25, 0.3) is 11.8 Å². The molecule has 3 rings (SSSR count). The monoisotopic (exact) mass is 420 g/mol. The molecular formula is C22H25F3N3O2+. The van der Waals surface area contributed by atoms with Crippen molar-refractivity contribution in [2.75, 3.05) is 38.0 Å². The van der Waals surface area contributed by atoms with Gasteiger partial charge in [0.2, 0.25) is 0 Å². The van der Waals surface area contributed by atoms with E-state index in [1.165, 1.54) is 12.1 Å². The quantitative estimate of drug-likeness (QED) is 0.798. The van der Waals surface area contributed by atoms with Crippen molar-refractivity contribution in [3.63, 3.8) is 0 Å². The number of nitrogens with zero attached hydrogens (tertiary/aromatic N) is 1. The Hall–Kier alpha value is -2.87. The molecular weight excluding hydrogens is 395 g/mol. The topological polar surface area (TPSA) is 53.9 Å². The third-order valence-corrected chi connectivity index (χ3v) is 5.35. The van der Waals surface area contributed by atoms with E-state index in [0.29, 0.717) is 26.2 Å². The first-order chi connectivity index (χ1) is 14.1. The summed E-state index contributed by atoms with van der Waals surface area (Å²) >= 11 is 0. The van der Waals surface area contributed by atoms with Gasteiger partial charge in [0, 0.05) is 11.3 Å². The number of carbonyl (C=O) groups excluding carboxylic acids is 2. The predicted octanol–water partition coefficient (Wildman–Crippen LogP) is 2.30. The fourth-order valence-electron chi connectivity index (χ4n) is 3.64. The molecule has 30 heavy (non-hydrogen) atoms. The van der Waals surface area contributed by atoms with Gasteiger partial charge in [-0.3, -0.25) is 9.59 Å². The van der Waals surface area contributed by atoms with E-state index in [1.54, 1.807) is 4.90 Å². The first-order valence-electron chi connectivity index (χ1n) is 9.81. The largest absolute Gasteiger partial charge is 0.416 e. The molecule has 2 aromatic rings. The Balaban J connectivity index is 1.55. The van der Waals surface area contributed by atoms with Gasteiger partial charge in [-0.25, -0.2) is 0 Å². The SMILES string of the molecule is Cc1cccc(C)c1NC(=O)C[NH+]1CCN(C(=O)c2cccc(C(F)(F)F)c2)CC1. The van der Waals surface area contributed by atoms with E-state index in [0.717, 1.165) is 33.8 Å². The van der Waals surface area contributed by atoms with Crippen LogP contribution in [-0.4, -0.2) is 49.4 Å². The number of nitrogens with one attached hydrogen (secondary N) is 2. The van der Waals surface area contributed by atoms with Gasteiger partial charge < -0.3 is 15.1 Å². The second-order valence-corrected chi connectivity index (χ2v) is 7.61. The second kappa shape index (κ2) is 8.87. The number of rotatable bonds is 4. The van der Waals surface area contributed by atoms with E-state index in [2.05, 4.69) is 5.32 Å². The molecule has 1 heterocycles. The Labute approximate surface area is 173 Å². The van der Waals surface area contributed by atoms with Crippen molar-refractivity contribution in [3.8, 4) is 0 Å². The van der Waals surface area contributed by atoms with Gasteiger partial charge in [-0.15, -0.1) is 0 Å². The molecule has 0 spiro atoms. The summed E-state index contributed by atoms with van der Waals surface area (Å²) in [5, 5.41) is 2.96. The minimum absolute atomic E-state index is 0.0287. The number of aryl methyl sites for hydroxylation is 2. The van der Waals surface area contributed by atoms with Gasteiger partial charge >= 0.3 is 6.18 Å². The maximum atomic E-state index is 12.9. The molecule has 1 saturated heterocycles. The van der Waals surface area contributed by atoms with Crippen LogP contribution in [0.2, 0.25) is 0 Å². The second-order valence-electron chi connectivity index (χ2n) is 7.61. The molecule has 0 aliphatic carbocycles. The highest BCUT2D eigenvalue weighted by Crippen LogP contribution is 2.29. The Morgan fingerprint density at radius 2 is 1.63 bits per heavy atom. The molecule has 0 saturated carbocycles. The smallest absolute Gasteiger partial charge is 0.327 e. The van der Waals surface area contributed by atoms with Crippen LogP contribution in [0, 0.1) is 13.8 Å². The molecule has 2 aromatic carbocycles. The van der Waals surface area contributed by atoms with Gasteiger partial charge in [-0.05, 0) is 43.2 Å². The van der Waals surface area contributed by atoms with Gasteiger partial charge in [-0.1, -0.05) is 24.3 Å². The number of anilines is 1. The lowest BCUT2D eigenvalue weighted by Crippen LogP contribution is -3.15. The van der Waals surface area contributed by atoms with Crippen LogP contribution in [0.1, 0.15) is 27.0 Å². The molecule has 0 unspecified atom stereocenters. The van der Waals surface area contributed by atoms with Crippen molar-refractivity contribution < 1.29 is 27.7 Å². The van der Waals surface area contributed by atoms with Crippen LogP contribution in [0.5, 0.6) is 0 Å². The normalized spacial score (nSPS) is 15.2. The summed E-state index contributed by atoms with van der Waals surface area (Å²) < 4.78 is 38.7. The Bertz CT molecular complexity index is 915. The van der Waals surface area contributed by atoms with Crippen LogP contribution in [0.4, 0.5) is 18.9 Å². The lowest BCUT2D eigenvalue weighted by molar-refractivity contribution is -0.895. The number of carbonyl (C=O) groups is 2. The molecule has 1 aliphatic rings. The zero-order chi connectivity index (χ0) is 21.9. The summed E-state index contributed by atoms with van der Waals surface area (Å²) in [6.45, 7) is 6.05. The summed E-state index contributed by atoms with van der Waals surface area (Å²) in [6, 6.07) is 10.3. The van der Waals surface area contributed by atoms with Crippen LogP contribution in [-0.2, 0) is 11.0 Å². The van der Waals surface area contributed by atoms with E-state index < -0.39 is 17.6 Å². The van der Waals surface area contributed by atoms with E-state index >= 15 is 0 Å². The number of benzene rings is 2. The highest BCUT2D eigenvalue weighted by molar-refractivity contribution is 5.94. The molecule has 1 aliphatic heterocycles. The molecule has 160 valence electrons. The third-order valence-electron chi connectivity index (χ3n) is 5.35. The number of piperazine rings is 1. The van der Waals surface area contributed by atoms with E-state index in [9.17, 15) is 22.8 Å². The summed E-state index contributed by atoms with van der Waals surface area (Å²) in [7, 11) is 0. The van der Waals surface area contributed by atoms with E-state index in [1.807, 2.05) is 32.0 Å². The molecule has 5 nitrogen and oxygen atoms in total. The van der Waals surface area contributed by atoms with E-state index in [4.69, 9.17) is 0 Å². The van der Waals surface area contributed by atoms with Crippen molar-refractivity contribution in [2.24, 2.45) is 0 Å². The van der Waals surface area contributed by atoms with Crippen LogP contribution in [0.3, 0.4) is 0 Å². The molecule has 0 aromatic heterocycles. The van der Waals surface area contributed by atoms with Crippen LogP contribution < -0.4 is 10.2 Å². The standard InChI is InChI=1S/C22H24F3N3O2/c1-15-5-3-6-16(2)20(15)26-19(29)14-27-9-11-28(12-10-27)21(30)17-7-4-8-18(13-17)22(23,24)25/h3-8,13H,9-12,14H2,1-2H3,(H,26,29)/p+1. The van der Waals surface area contributed by atoms with Crippen molar-refractivity contribution >= 4 is 17.5 Å². The zero-order valence-electron chi connectivity index (χ0n) is 17.0. The molecule has 8 heteroatoms. The van der Waals surface area contributed by atoms with Gasteiger partial charge in [0.1, 0.15) is 0 Å². The fraction of sp³-hybridized carbons (Fsp3) is 0.364. The first kappa shape index (κ1) is 21.8. The maximum absolute atomic E-state index is 12.9. The summed E-state index contributed by atoms with van der Waals surface area (Å²) in [5.41, 5.74) is 2.01. The summed E-state index contributed by atoms with van der Waals surface area (Å²) in [6.07, 6.45) is -4.48. The summed E-state index contributed by atoms with van der Waals surface area (Å²) in [4.78, 5) is 27.6. The maximum Gasteiger partial charge on any atom is 0.416 e. The molecule has 0 bridgehead atoms. The molecule has 2 N–H and O–H groups in total. The number of quaternary nitrogens is 1. The minimum atomic E-state index is -4.48. The van der Waals surface area contributed by atoms with Crippen molar-refractivity contribution in [2.45, 2.75) is 20.0 Å². The zero-order valence-corrected chi connectivity index (χ0v) is 17.0. The number of hydrogen-bond donors (Lipinski definition) is 2. The van der Waals surface area contributed by atoms with Crippen LogP contribution in [0.25, 0.3) is 0 Å². The van der Waals surface area contributed by atoms with Crippen molar-refractivity contribution in [1.29, 1.82) is 0 Å². The third kappa shape index (κ3) is 5.18. The minimum Gasteiger partial charge on any atom is -0.327 e. The van der Waals surface area contributed by atoms with Crippen molar-refractivity contribution in [1.82, 2.24) is 4.90 Å². The van der Waals surface area contributed by atoms with Crippen LogP contribution >= 0.6 is 0 Å². The van der Waals surface area contributed by atoms with E-state index in [-0.39, 0.29) is 18.0 Å². The Kier molecular flexibility index (Phi) is 6.45. The molecule has 0 radical (unpaired) electrons. The summed E-state index contributed by atoms with van der Waals surface area (Å²) in [5.74, 6) is -0.514. The highest BCUT2D eigenvalue weighted by Gasteiger charge is 2.32. The fourth-order valence-corrected chi connectivity index (χ4v) is 3.64. The number of para-hydroxylation sites is 1. The lowest BCUT2D eigenvalue weighted by Gasteiger charge is -2.32. The van der Waals surface area contributed by atoms with Crippen molar-refractivity contribution in [3.05, 3.63) is 64.7 Å². The van der Waals surface area contributed by atoms with Crippen LogP contribution in [0.15, 0.2) is 42.5 Å².